The minimum atomic E-state index is -1.06. The fraction of sp³-hybridized carbons (Fsp3) is 0.375. The smallest absolute Gasteiger partial charge is 0.337 e. The second kappa shape index (κ2) is 7.39. The first-order valence-electron chi connectivity index (χ1n) is 7.21. The van der Waals surface area contributed by atoms with Gasteiger partial charge >= 0.3 is 12.0 Å². The first-order valence-corrected chi connectivity index (χ1v) is 7.21. The van der Waals surface area contributed by atoms with Crippen molar-refractivity contribution in [3.05, 3.63) is 46.7 Å². The van der Waals surface area contributed by atoms with E-state index in [1.54, 1.807) is 6.92 Å². The average Bonchev–Trinajstić information content (AvgIpc) is 2.56. The summed E-state index contributed by atoms with van der Waals surface area (Å²) in [5.74, 6) is -2.74. The van der Waals surface area contributed by atoms with E-state index in [0.29, 0.717) is 5.70 Å². The molecule has 0 bridgehead atoms. The maximum absolute atomic E-state index is 13.5. The van der Waals surface area contributed by atoms with E-state index in [4.69, 9.17) is 9.47 Å². The maximum Gasteiger partial charge on any atom is 0.337 e. The summed E-state index contributed by atoms with van der Waals surface area (Å²) in [7, 11) is 2.70. The van der Waals surface area contributed by atoms with Crippen LogP contribution in [-0.2, 0) is 14.3 Å². The molecule has 0 spiro atoms. The van der Waals surface area contributed by atoms with Gasteiger partial charge in [-0.1, -0.05) is 6.07 Å². The van der Waals surface area contributed by atoms with E-state index in [9.17, 15) is 18.4 Å². The number of carbonyl (C=O) groups is 2. The Morgan fingerprint density at radius 1 is 1.29 bits per heavy atom. The van der Waals surface area contributed by atoms with Crippen molar-refractivity contribution in [3.8, 4) is 0 Å². The number of urea groups is 1. The van der Waals surface area contributed by atoms with Crippen LogP contribution in [0.1, 0.15) is 18.5 Å². The zero-order chi connectivity index (χ0) is 17.9. The van der Waals surface area contributed by atoms with Crippen LogP contribution in [0, 0.1) is 11.6 Å². The minimum absolute atomic E-state index is 0.152. The summed E-state index contributed by atoms with van der Waals surface area (Å²) in [6.07, 6.45) is 0. The Balaban J connectivity index is 2.50. The summed E-state index contributed by atoms with van der Waals surface area (Å²) in [6, 6.07) is 1.80. The standard InChI is InChI=1S/C16H18F2N2O4/c1-9-13(15(21)24-3)14(10-4-5-11(17)12(18)8-10)19-16(22)20(9)6-7-23-2/h4-5,8,14H,6-7H2,1-3H3,(H,19,22)/t14-/m0/s1. The molecule has 0 aliphatic carbocycles. The molecule has 1 heterocycles. The third-order valence-corrected chi connectivity index (χ3v) is 3.80. The summed E-state index contributed by atoms with van der Waals surface area (Å²) in [4.78, 5) is 25.8. The van der Waals surface area contributed by atoms with E-state index in [0.717, 1.165) is 12.1 Å². The third-order valence-electron chi connectivity index (χ3n) is 3.80. The second-order valence-corrected chi connectivity index (χ2v) is 5.19. The molecule has 0 saturated carbocycles. The van der Waals surface area contributed by atoms with Crippen LogP contribution < -0.4 is 5.32 Å². The molecule has 1 atom stereocenters. The van der Waals surface area contributed by atoms with E-state index >= 15 is 0 Å². The number of esters is 1. The van der Waals surface area contributed by atoms with Gasteiger partial charge in [-0.2, -0.15) is 0 Å². The van der Waals surface area contributed by atoms with Crippen LogP contribution in [0.4, 0.5) is 13.6 Å². The van der Waals surface area contributed by atoms with Crippen molar-refractivity contribution in [2.45, 2.75) is 13.0 Å². The fourth-order valence-electron chi connectivity index (χ4n) is 2.55. The molecule has 0 aromatic heterocycles. The molecule has 0 unspecified atom stereocenters. The maximum atomic E-state index is 13.5. The van der Waals surface area contributed by atoms with Gasteiger partial charge in [0.1, 0.15) is 0 Å². The molecule has 6 nitrogen and oxygen atoms in total. The lowest BCUT2D eigenvalue weighted by Crippen LogP contribution is -2.48. The Kier molecular flexibility index (Phi) is 5.50. The van der Waals surface area contributed by atoms with Crippen molar-refractivity contribution >= 4 is 12.0 Å². The Hall–Kier alpha value is -2.48. The lowest BCUT2D eigenvalue weighted by molar-refractivity contribution is -0.136. The molecule has 1 N–H and O–H groups in total. The van der Waals surface area contributed by atoms with Crippen molar-refractivity contribution in [2.75, 3.05) is 27.4 Å². The van der Waals surface area contributed by atoms with Gasteiger partial charge in [0, 0.05) is 12.8 Å². The molecule has 2 rings (SSSR count). The molecule has 130 valence electrons. The molecule has 1 aromatic rings. The van der Waals surface area contributed by atoms with E-state index in [2.05, 4.69) is 5.32 Å². The van der Waals surface area contributed by atoms with E-state index in [1.807, 2.05) is 0 Å². The summed E-state index contributed by atoms with van der Waals surface area (Å²) < 4.78 is 36.4. The molecule has 8 heteroatoms. The SMILES string of the molecule is COCCN1C(=O)N[C@@H](c2ccc(F)c(F)c2)C(C(=O)OC)=C1C. The normalized spacial score (nSPS) is 17.8. The number of hydrogen-bond acceptors (Lipinski definition) is 4. The molecule has 24 heavy (non-hydrogen) atoms. The first-order chi connectivity index (χ1) is 11.4. The monoisotopic (exact) mass is 340 g/mol. The molecule has 0 radical (unpaired) electrons. The van der Waals surface area contributed by atoms with E-state index in [1.165, 1.54) is 25.2 Å². The lowest BCUT2D eigenvalue weighted by atomic mass is 9.94. The van der Waals surface area contributed by atoms with Gasteiger partial charge in [0.15, 0.2) is 11.6 Å². The van der Waals surface area contributed by atoms with Crippen molar-refractivity contribution in [1.82, 2.24) is 10.2 Å². The van der Waals surface area contributed by atoms with Gasteiger partial charge in [0.2, 0.25) is 0 Å². The number of rotatable bonds is 5. The van der Waals surface area contributed by atoms with Gasteiger partial charge in [0.05, 0.1) is 31.9 Å². The van der Waals surface area contributed by atoms with Gasteiger partial charge in [0.25, 0.3) is 0 Å². The number of nitrogens with zero attached hydrogens (tertiary/aromatic N) is 1. The topological polar surface area (TPSA) is 67.9 Å². The average molecular weight is 340 g/mol. The Labute approximate surface area is 138 Å². The number of hydrogen-bond donors (Lipinski definition) is 1. The number of nitrogens with one attached hydrogen (secondary N) is 1. The lowest BCUT2D eigenvalue weighted by Gasteiger charge is -2.35. The predicted octanol–water partition coefficient (Wildman–Crippen LogP) is 2.12. The molecule has 1 aliphatic heterocycles. The minimum Gasteiger partial charge on any atom is -0.466 e. The number of ether oxygens (including phenoxy) is 2. The van der Waals surface area contributed by atoms with Gasteiger partial charge in [-0.3, -0.25) is 4.90 Å². The summed E-state index contributed by atoms with van der Waals surface area (Å²) in [6.45, 7) is 2.10. The zero-order valence-corrected chi connectivity index (χ0v) is 13.6. The summed E-state index contributed by atoms with van der Waals surface area (Å²) >= 11 is 0. The van der Waals surface area contributed by atoms with Crippen LogP contribution in [0.3, 0.4) is 0 Å². The van der Waals surface area contributed by atoms with E-state index in [-0.39, 0.29) is 24.3 Å². The van der Waals surface area contributed by atoms with Crippen molar-refractivity contribution in [3.63, 3.8) is 0 Å². The van der Waals surface area contributed by atoms with Gasteiger partial charge in [-0.25, -0.2) is 18.4 Å². The fourth-order valence-corrected chi connectivity index (χ4v) is 2.55. The van der Waals surface area contributed by atoms with E-state index < -0.39 is 29.7 Å². The number of amides is 2. The summed E-state index contributed by atoms with van der Waals surface area (Å²) in [5.41, 5.74) is 0.769. The quantitative estimate of drug-likeness (QED) is 0.834. The van der Waals surface area contributed by atoms with Gasteiger partial charge in [-0.05, 0) is 24.6 Å². The number of halogens is 2. The van der Waals surface area contributed by atoms with Crippen molar-refractivity contribution in [1.29, 1.82) is 0 Å². The van der Waals surface area contributed by atoms with Gasteiger partial charge < -0.3 is 14.8 Å². The number of benzene rings is 1. The highest BCUT2D eigenvalue weighted by Gasteiger charge is 2.36. The van der Waals surface area contributed by atoms with Crippen LogP contribution in [0.15, 0.2) is 29.5 Å². The largest absolute Gasteiger partial charge is 0.466 e. The van der Waals surface area contributed by atoms with Crippen LogP contribution in [-0.4, -0.2) is 44.3 Å². The highest BCUT2D eigenvalue weighted by molar-refractivity contribution is 5.95. The molecule has 1 aromatic carbocycles. The van der Waals surface area contributed by atoms with Crippen LogP contribution in [0.5, 0.6) is 0 Å². The molecule has 0 saturated heterocycles. The molecule has 2 amide bonds. The molecular weight excluding hydrogens is 322 g/mol. The van der Waals surface area contributed by atoms with Crippen LogP contribution >= 0.6 is 0 Å². The third kappa shape index (κ3) is 3.38. The first kappa shape index (κ1) is 17.9. The highest BCUT2D eigenvalue weighted by atomic mass is 19.2. The number of methoxy groups -OCH3 is 2. The number of allylic oxidation sites excluding steroid dienone is 1. The molecular formula is C16H18F2N2O4. The van der Waals surface area contributed by atoms with Gasteiger partial charge in [-0.15, -0.1) is 0 Å². The van der Waals surface area contributed by atoms with Crippen molar-refractivity contribution < 1.29 is 27.8 Å². The Morgan fingerprint density at radius 2 is 2.00 bits per heavy atom. The highest BCUT2D eigenvalue weighted by Crippen LogP contribution is 2.31. The number of carbonyl (C=O) groups excluding carboxylic acids is 2. The molecule has 1 aliphatic rings. The second-order valence-electron chi connectivity index (χ2n) is 5.19. The van der Waals surface area contributed by atoms with Crippen LogP contribution in [0.2, 0.25) is 0 Å². The zero-order valence-electron chi connectivity index (χ0n) is 13.6. The van der Waals surface area contributed by atoms with Crippen molar-refractivity contribution in [2.24, 2.45) is 0 Å². The Morgan fingerprint density at radius 3 is 2.58 bits per heavy atom. The summed E-state index contributed by atoms with van der Waals surface area (Å²) in [5, 5.41) is 2.62. The Bertz CT molecular complexity index is 691. The van der Waals surface area contributed by atoms with Crippen LogP contribution in [0.25, 0.3) is 0 Å². The predicted molar refractivity (Wildman–Crippen MR) is 80.9 cm³/mol. The molecule has 0 fully saturated rings.